The first kappa shape index (κ1) is 16.2. The molecule has 2 heterocycles. The second-order valence-electron chi connectivity index (χ2n) is 6.65. The van der Waals surface area contributed by atoms with Crippen LogP contribution in [0.25, 0.3) is 0 Å². The Labute approximate surface area is 129 Å². The molecule has 1 saturated heterocycles. The van der Waals surface area contributed by atoms with Gasteiger partial charge in [-0.1, -0.05) is 34.6 Å². The lowest BCUT2D eigenvalue weighted by Gasteiger charge is -2.28. The largest absolute Gasteiger partial charge is 0.366 e. The molecule has 1 aliphatic heterocycles. The molecule has 1 fully saturated rings. The summed E-state index contributed by atoms with van der Waals surface area (Å²) in [6, 6.07) is 1.12. The Morgan fingerprint density at radius 3 is 2.71 bits per heavy atom. The van der Waals surface area contributed by atoms with Gasteiger partial charge in [-0.25, -0.2) is 9.97 Å². The third-order valence-electron chi connectivity index (χ3n) is 4.22. The smallest absolute Gasteiger partial charge is 0.131 e. The lowest BCUT2D eigenvalue weighted by Crippen LogP contribution is -2.32. The maximum atomic E-state index is 4.84. The highest BCUT2D eigenvalue weighted by molar-refractivity contribution is 5.51. The molecule has 21 heavy (non-hydrogen) atoms. The van der Waals surface area contributed by atoms with E-state index in [1.54, 1.807) is 0 Å². The van der Waals surface area contributed by atoms with E-state index in [1.165, 1.54) is 24.9 Å². The second kappa shape index (κ2) is 7.21. The molecule has 1 N–H and O–H groups in total. The lowest BCUT2D eigenvalue weighted by molar-refractivity contribution is 0.572. The summed E-state index contributed by atoms with van der Waals surface area (Å²) in [4.78, 5) is 12.0. The normalized spacial score (nSPS) is 19.0. The average Bonchev–Trinajstić information content (AvgIpc) is 2.92. The molecule has 4 nitrogen and oxygen atoms in total. The van der Waals surface area contributed by atoms with Crippen LogP contribution in [0.1, 0.15) is 71.3 Å². The van der Waals surface area contributed by atoms with Crippen molar-refractivity contribution < 1.29 is 0 Å². The predicted octanol–water partition coefficient (Wildman–Crippen LogP) is 3.48. The Morgan fingerprint density at radius 1 is 1.33 bits per heavy atom. The first-order chi connectivity index (χ1) is 10.0. The van der Waals surface area contributed by atoms with Crippen LogP contribution in [0.5, 0.6) is 0 Å². The van der Waals surface area contributed by atoms with E-state index < -0.39 is 0 Å². The zero-order valence-electron chi connectivity index (χ0n) is 14.2. The van der Waals surface area contributed by atoms with Crippen LogP contribution in [0.3, 0.4) is 0 Å². The van der Waals surface area contributed by atoms with Crippen LogP contribution in [0.2, 0.25) is 0 Å². The molecular weight excluding hydrogens is 260 g/mol. The Kier molecular flexibility index (Phi) is 5.57. The van der Waals surface area contributed by atoms with Gasteiger partial charge in [-0.2, -0.15) is 0 Å². The van der Waals surface area contributed by atoms with Gasteiger partial charge in [0, 0.05) is 31.1 Å². The first-order valence-electron chi connectivity index (χ1n) is 8.38. The van der Waals surface area contributed by atoms with Gasteiger partial charge in [0.2, 0.25) is 0 Å². The summed E-state index contributed by atoms with van der Waals surface area (Å²) in [5.41, 5.74) is 2.39. The Balaban J connectivity index is 2.29. The van der Waals surface area contributed by atoms with Crippen molar-refractivity contribution in [2.45, 2.75) is 78.4 Å². The van der Waals surface area contributed by atoms with Crippen LogP contribution >= 0.6 is 0 Å². The Bertz CT molecular complexity index is 456. The van der Waals surface area contributed by atoms with Crippen molar-refractivity contribution in [2.75, 3.05) is 11.4 Å². The quantitative estimate of drug-likeness (QED) is 0.871. The highest BCUT2D eigenvalue weighted by Gasteiger charge is 2.26. The molecule has 1 aromatic rings. The fraction of sp³-hybridized carbons (Fsp3) is 0.765. The van der Waals surface area contributed by atoms with Gasteiger partial charge in [0.1, 0.15) is 5.82 Å². The molecular formula is C17H30N4. The molecule has 0 radical (unpaired) electrons. The van der Waals surface area contributed by atoms with Gasteiger partial charge in [0.15, 0.2) is 0 Å². The van der Waals surface area contributed by atoms with E-state index in [9.17, 15) is 0 Å². The summed E-state index contributed by atoms with van der Waals surface area (Å²) in [6.07, 6.45) is 5.82. The monoisotopic (exact) mass is 290 g/mol. The molecule has 1 aromatic heterocycles. The van der Waals surface area contributed by atoms with E-state index in [0.29, 0.717) is 18.0 Å². The molecule has 0 spiro atoms. The van der Waals surface area contributed by atoms with Crippen LogP contribution < -0.4 is 10.2 Å². The minimum atomic E-state index is 0.373. The van der Waals surface area contributed by atoms with Crippen molar-refractivity contribution >= 4 is 5.69 Å². The van der Waals surface area contributed by atoms with E-state index >= 15 is 0 Å². The third kappa shape index (κ3) is 3.94. The number of rotatable bonds is 6. The van der Waals surface area contributed by atoms with Gasteiger partial charge < -0.3 is 10.2 Å². The minimum absolute atomic E-state index is 0.373. The van der Waals surface area contributed by atoms with Crippen molar-refractivity contribution in [1.29, 1.82) is 0 Å². The molecule has 118 valence electrons. The topological polar surface area (TPSA) is 41.1 Å². The highest BCUT2D eigenvalue weighted by Crippen LogP contribution is 2.29. The highest BCUT2D eigenvalue weighted by atomic mass is 15.2. The van der Waals surface area contributed by atoms with Crippen LogP contribution in [0.15, 0.2) is 6.20 Å². The van der Waals surface area contributed by atoms with E-state index in [1.807, 2.05) is 6.20 Å². The summed E-state index contributed by atoms with van der Waals surface area (Å²) >= 11 is 0. The van der Waals surface area contributed by atoms with Gasteiger partial charge >= 0.3 is 0 Å². The van der Waals surface area contributed by atoms with E-state index in [-0.39, 0.29) is 0 Å². The van der Waals surface area contributed by atoms with Crippen molar-refractivity contribution in [3.8, 4) is 0 Å². The van der Waals surface area contributed by atoms with Gasteiger partial charge in [-0.15, -0.1) is 0 Å². The lowest BCUT2D eigenvalue weighted by atomic mass is 10.1. The maximum absolute atomic E-state index is 4.84. The summed E-state index contributed by atoms with van der Waals surface area (Å²) in [6.45, 7) is 12.9. The molecule has 1 atom stereocenters. The van der Waals surface area contributed by atoms with Gasteiger partial charge in [-0.05, 0) is 19.3 Å². The molecule has 1 unspecified atom stereocenters. The molecule has 2 rings (SSSR count). The number of anilines is 1. The molecule has 0 aromatic carbocycles. The Hall–Kier alpha value is -1.16. The van der Waals surface area contributed by atoms with E-state index in [2.05, 4.69) is 49.8 Å². The maximum Gasteiger partial charge on any atom is 0.131 e. The van der Waals surface area contributed by atoms with Crippen molar-refractivity contribution in [1.82, 2.24) is 15.3 Å². The van der Waals surface area contributed by atoms with Crippen LogP contribution in [-0.4, -0.2) is 28.6 Å². The van der Waals surface area contributed by atoms with Crippen LogP contribution in [0.4, 0.5) is 5.69 Å². The predicted molar refractivity (Wildman–Crippen MR) is 88.8 cm³/mol. The number of aromatic nitrogens is 2. The summed E-state index contributed by atoms with van der Waals surface area (Å²) < 4.78 is 0. The van der Waals surface area contributed by atoms with Crippen molar-refractivity contribution in [3.05, 3.63) is 17.7 Å². The first-order valence-corrected chi connectivity index (χ1v) is 8.38. The van der Waals surface area contributed by atoms with Crippen LogP contribution in [0, 0.1) is 0 Å². The number of hydrogen-bond acceptors (Lipinski definition) is 4. The summed E-state index contributed by atoms with van der Waals surface area (Å²) in [5.74, 6) is 1.32. The zero-order valence-corrected chi connectivity index (χ0v) is 14.2. The van der Waals surface area contributed by atoms with Crippen LogP contribution in [-0.2, 0) is 6.54 Å². The molecule has 0 amide bonds. The van der Waals surface area contributed by atoms with Crippen molar-refractivity contribution in [3.63, 3.8) is 0 Å². The number of nitrogens with one attached hydrogen (secondary N) is 1. The van der Waals surface area contributed by atoms with Crippen molar-refractivity contribution in [2.24, 2.45) is 0 Å². The molecule has 1 aliphatic rings. The van der Waals surface area contributed by atoms with E-state index in [4.69, 9.17) is 4.98 Å². The average molecular weight is 290 g/mol. The molecule has 0 aliphatic carbocycles. The summed E-state index contributed by atoms with van der Waals surface area (Å²) in [5, 5.41) is 3.51. The minimum Gasteiger partial charge on any atom is -0.366 e. The fourth-order valence-electron chi connectivity index (χ4n) is 2.95. The number of hydrogen-bond donors (Lipinski definition) is 1. The summed E-state index contributed by atoms with van der Waals surface area (Å²) in [7, 11) is 0. The van der Waals surface area contributed by atoms with E-state index in [0.717, 1.165) is 24.6 Å². The molecule has 0 bridgehead atoms. The second-order valence-corrected chi connectivity index (χ2v) is 6.65. The van der Waals surface area contributed by atoms with Gasteiger partial charge in [0.05, 0.1) is 17.6 Å². The van der Waals surface area contributed by atoms with Gasteiger partial charge in [-0.3, -0.25) is 0 Å². The number of nitrogens with zero attached hydrogens (tertiary/aromatic N) is 3. The third-order valence-corrected chi connectivity index (χ3v) is 4.22. The molecule has 0 saturated carbocycles. The standard InChI is InChI=1S/C17H30N4/c1-6-14-8-7-9-21(14)16-11-19-17(12(2)3)20-15(16)10-18-13(4)5/h11-14,18H,6-10H2,1-5H3. The SMILES string of the molecule is CCC1CCCN1c1cnc(C(C)C)nc1CNC(C)C. The molecule has 4 heteroatoms. The Morgan fingerprint density at radius 2 is 2.10 bits per heavy atom. The van der Waals surface area contributed by atoms with Gasteiger partial charge in [0.25, 0.3) is 0 Å². The zero-order chi connectivity index (χ0) is 15.4. The fourth-order valence-corrected chi connectivity index (χ4v) is 2.95.